The Hall–Kier alpha value is -5.13. The van der Waals surface area contributed by atoms with Gasteiger partial charge in [-0.25, -0.2) is 9.97 Å². The van der Waals surface area contributed by atoms with Gasteiger partial charge in [-0.05, 0) is 53.2 Å². The van der Waals surface area contributed by atoms with E-state index in [1.807, 2.05) is 29.7 Å². The average Bonchev–Trinajstić information content (AvgIpc) is 3.54. The van der Waals surface area contributed by atoms with Crippen LogP contribution < -0.4 is 0 Å². The van der Waals surface area contributed by atoms with E-state index in [-0.39, 0.29) is 0 Å². The van der Waals surface area contributed by atoms with Crippen LogP contribution in [0.25, 0.3) is 81.0 Å². The molecule has 0 amide bonds. The van der Waals surface area contributed by atoms with Gasteiger partial charge in [0.1, 0.15) is 5.52 Å². The molecule has 5 heteroatoms. The van der Waals surface area contributed by atoms with Gasteiger partial charge < -0.3 is 0 Å². The molecule has 0 aliphatic heterocycles. The van der Waals surface area contributed by atoms with E-state index in [1.54, 1.807) is 0 Å². The number of para-hydroxylation sites is 1. The fourth-order valence-electron chi connectivity index (χ4n) is 5.99. The van der Waals surface area contributed by atoms with E-state index in [1.165, 1.54) is 41.7 Å². The molecule has 0 bridgehead atoms. The summed E-state index contributed by atoms with van der Waals surface area (Å²) in [6.07, 6.45) is 1.82. The lowest BCUT2D eigenvalue weighted by molar-refractivity contribution is 1.06. The maximum atomic E-state index is 5.25. The van der Waals surface area contributed by atoms with Gasteiger partial charge >= 0.3 is 0 Å². The first-order chi connectivity index (χ1) is 19.8. The SMILES string of the molecule is c1ccc2cc3c(cc2c1)c1ccccc1n3-c1nc(-c2ccc3c(c2)sc2ccccc23)nc2cccnc12. The largest absolute Gasteiger partial charge is 0.292 e. The zero-order chi connectivity index (χ0) is 26.2. The second-order valence-electron chi connectivity index (χ2n) is 10.1. The average molecular weight is 529 g/mol. The van der Waals surface area contributed by atoms with Crippen molar-refractivity contribution < 1.29 is 0 Å². The molecule has 0 N–H and O–H groups in total. The predicted octanol–water partition coefficient (Wildman–Crippen LogP) is 9.31. The number of thiophene rings is 1. The fourth-order valence-corrected chi connectivity index (χ4v) is 7.13. The molecular formula is C35H20N4S. The zero-order valence-corrected chi connectivity index (χ0v) is 22.1. The smallest absolute Gasteiger partial charge is 0.168 e. The van der Waals surface area contributed by atoms with Crippen LogP contribution >= 0.6 is 11.3 Å². The number of hydrogen-bond donors (Lipinski definition) is 0. The van der Waals surface area contributed by atoms with Crippen LogP contribution in [0.2, 0.25) is 0 Å². The van der Waals surface area contributed by atoms with E-state index in [2.05, 4.69) is 108 Å². The Kier molecular flexibility index (Phi) is 4.45. The van der Waals surface area contributed by atoms with E-state index < -0.39 is 0 Å². The summed E-state index contributed by atoms with van der Waals surface area (Å²) >= 11 is 1.81. The Labute approximate surface area is 232 Å². The fraction of sp³-hybridized carbons (Fsp3) is 0. The number of pyridine rings is 1. The van der Waals surface area contributed by atoms with Gasteiger partial charge in [-0.3, -0.25) is 9.55 Å². The number of benzene rings is 5. The molecule has 4 nitrogen and oxygen atoms in total. The van der Waals surface area contributed by atoms with Gasteiger partial charge in [0.25, 0.3) is 0 Å². The molecule has 0 spiro atoms. The summed E-state index contributed by atoms with van der Waals surface area (Å²) in [5.74, 6) is 1.49. The number of nitrogens with zero attached hydrogens (tertiary/aromatic N) is 4. The van der Waals surface area contributed by atoms with Gasteiger partial charge in [-0.15, -0.1) is 11.3 Å². The summed E-state index contributed by atoms with van der Waals surface area (Å²) in [5.41, 5.74) is 4.81. The van der Waals surface area contributed by atoms with Crippen molar-refractivity contribution in [2.45, 2.75) is 0 Å². The first kappa shape index (κ1) is 21.8. The lowest BCUT2D eigenvalue weighted by Gasteiger charge is -2.12. The molecular weight excluding hydrogens is 508 g/mol. The van der Waals surface area contributed by atoms with Crippen molar-refractivity contribution in [2.24, 2.45) is 0 Å². The van der Waals surface area contributed by atoms with Crippen LogP contribution in [0.1, 0.15) is 0 Å². The summed E-state index contributed by atoms with van der Waals surface area (Å²) in [7, 11) is 0. The Morgan fingerprint density at radius 3 is 2.25 bits per heavy atom. The molecule has 4 heterocycles. The molecule has 0 fully saturated rings. The molecule has 0 saturated heterocycles. The second-order valence-corrected chi connectivity index (χ2v) is 11.2. The van der Waals surface area contributed by atoms with Crippen molar-refractivity contribution in [3.05, 3.63) is 121 Å². The highest BCUT2D eigenvalue weighted by molar-refractivity contribution is 7.25. The lowest BCUT2D eigenvalue weighted by atomic mass is 10.1. The second kappa shape index (κ2) is 8.18. The monoisotopic (exact) mass is 528 g/mol. The molecule has 9 aromatic rings. The highest BCUT2D eigenvalue weighted by atomic mass is 32.1. The molecule has 5 aromatic carbocycles. The van der Waals surface area contributed by atoms with Crippen molar-refractivity contribution in [2.75, 3.05) is 0 Å². The van der Waals surface area contributed by atoms with E-state index in [0.717, 1.165) is 33.4 Å². The molecule has 186 valence electrons. The highest BCUT2D eigenvalue weighted by Crippen LogP contribution is 2.38. The van der Waals surface area contributed by atoms with Gasteiger partial charge in [0, 0.05) is 42.7 Å². The van der Waals surface area contributed by atoms with Gasteiger partial charge in [0.2, 0.25) is 0 Å². The van der Waals surface area contributed by atoms with Crippen LogP contribution in [-0.4, -0.2) is 19.5 Å². The van der Waals surface area contributed by atoms with Crippen molar-refractivity contribution in [1.29, 1.82) is 0 Å². The Balaban J connectivity index is 1.37. The number of aromatic nitrogens is 4. The maximum Gasteiger partial charge on any atom is 0.168 e. The number of fused-ring (bicyclic) bond motifs is 8. The Morgan fingerprint density at radius 2 is 1.32 bits per heavy atom. The Bertz CT molecular complexity index is 2450. The normalized spacial score (nSPS) is 12.0. The third-order valence-electron chi connectivity index (χ3n) is 7.83. The molecule has 0 atom stereocenters. The van der Waals surface area contributed by atoms with Crippen molar-refractivity contribution in [3.8, 4) is 17.2 Å². The summed E-state index contributed by atoms with van der Waals surface area (Å²) in [4.78, 5) is 15.0. The molecule has 4 aromatic heterocycles. The third-order valence-corrected chi connectivity index (χ3v) is 8.96. The number of rotatable bonds is 2. The summed E-state index contributed by atoms with van der Waals surface area (Å²) < 4.78 is 4.78. The maximum absolute atomic E-state index is 5.25. The minimum Gasteiger partial charge on any atom is -0.292 e. The van der Waals surface area contributed by atoms with E-state index in [0.29, 0.717) is 5.82 Å². The molecule has 0 radical (unpaired) electrons. The molecule has 0 unspecified atom stereocenters. The van der Waals surface area contributed by atoms with Gasteiger partial charge in [0.15, 0.2) is 11.6 Å². The van der Waals surface area contributed by atoms with Gasteiger partial charge in [-0.2, -0.15) is 0 Å². The summed E-state index contributed by atoms with van der Waals surface area (Å²) in [6.45, 7) is 0. The van der Waals surface area contributed by atoms with Gasteiger partial charge in [0.05, 0.1) is 16.6 Å². The van der Waals surface area contributed by atoms with E-state index >= 15 is 0 Å². The topological polar surface area (TPSA) is 43.6 Å². The first-order valence-corrected chi connectivity index (χ1v) is 14.1. The van der Waals surface area contributed by atoms with Gasteiger partial charge in [-0.1, -0.05) is 72.8 Å². The van der Waals surface area contributed by atoms with Crippen molar-refractivity contribution in [3.63, 3.8) is 0 Å². The minimum absolute atomic E-state index is 0.696. The predicted molar refractivity (Wildman–Crippen MR) is 168 cm³/mol. The quantitative estimate of drug-likeness (QED) is 0.225. The first-order valence-electron chi connectivity index (χ1n) is 13.3. The summed E-state index contributed by atoms with van der Waals surface area (Å²) in [6, 6.07) is 40.7. The lowest BCUT2D eigenvalue weighted by Crippen LogP contribution is -2.03. The molecule has 0 aliphatic rings. The number of hydrogen-bond acceptors (Lipinski definition) is 4. The van der Waals surface area contributed by atoms with Crippen molar-refractivity contribution >= 4 is 75.1 Å². The highest BCUT2D eigenvalue weighted by Gasteiger charge is 2.19. The van der Waals surface area contributed by atoms with Crippen LogP contribution in [0, 0.1) is 0 Å². The van der Waals surface area contributed by atoms with Crippen LogP contribution in [-0.2, 0) is 0 Å². The van der Waals surface area contributed by atoms with Crippen LogP contribution in [0.4, 0.5) is 0 Å². The van der Waals surface area contributed by atoms with E-state index in [9.17, 15) is 0 Å². The molecule has 40 heavy (non-hydrogen) atoms. The standard InChI is InChI=1S/C35H20N4S/c1-2-9-22-19-30-27(18-21(22)8-1)24-10-3-5-13-29(24)39(30)35-33-28(12-7-17-36-33)37-34(38-35)23-15-16-26-25-11-4-6-14-31(25)40-32(26)20-23/h1-20H. The summed E-state index contributed by atoms with van der Waals surface area (Å²) in [5, 5.41) is 7.36. The van der Waals surface area contributed by atoms with Crippen LogP contribution in [0.3, 0.4) is 0 Å². The molecule has 9 rings (SSSR count). The Morgan fingerprint density at radius 1 is 0.550 bits per heavy atom. The van der Waals surface area contributed by atoms with E-state index in [4.69, 9.17) is 15.0 Å². The van der Waals surface area contributed by atoms with Crippen molar-refractivity contribution in [1.82, 2.24) is 19.5 Å². The molecule has 0 saturated carbocycles. The molecule has 0 aliphatic carbocycles. The minimum atomic E-state index is 0.696. The van der Waals surface area contributed by atoms with Crippen LogP contribution in [0.5, 0.6) is 0 Å². The van der Waals surface area contributed by atoms with Crippen LogP contribution in [0.15, 0.2) is 121 Å². The third kappa shape index (κ3) is 3.09. The zero-order valence-electron chi connectivity index (χ0n) is 21.2.